The van der Waals surface area contributed by atoms with Crippen LogP contribution in [0.1, 0.15) is 30.4 Å². The van der Waals surface area contributed by atoms with Gasteiger partial charge in [0.05, 0.1) is 0 Å². The van der Waals surface area contributed by atoms with Crippen LogP contribution in [0.2, 0.25) is 0 Å². The molecule has 2 unspecified atom stereocenters. The van der Waals surface area contributed by atoms with E-state index < -0.39 is 0 Å². The molecule has 108 valence electrons. The Kier molecular flexibility index (Phi) is 4.03. The zero-order valence-electron chi connectivity index (χ0n) is 11.8. The van der Waals surface area contributed by atoms with Crippen LogP contribution in [0.25, 0.3) is 0 Å². The van der Waals surface area contributed by atoms with E-state index >= 15 is 0 Å². The number of hydrogen-bond donors (Lipinski definition) is 2. The second kappa shape index (κ2) is 5.94. The van der Waals surface area contributed by atoms with Gasteiger partial charge < -0.3 is 11.1 Å². The first-order chi connectivity index (χ1) is 9.76. The van der Waals surface area contributed by atoms with E-state index in [1.165, 1.54) is 11.1 Å². The average molecular weight is 273 g/mol. The number of nitrogens with zero attached hydrogens (tertiary/aromatic N) is 1. The van der Waals surface area contributed by atoms with Crippen molar-refractivity contribution in [1.82, 2.24) is 10.2 Å². The van der Waals surface area contributed by atoms with Gasteiger partial charge in [-0.25, -0.2) is 0 Å². The lowest BCUT2D eigenvalue weighted by molar-refractivity contribution is -0.125. The highest BCUT2D eigenvalue weighted by atomic mass is 16.1. The van der Waals surface area contributed by atoms with Gasteiger partial charge in [-0.1, -0.05) is 24.3 Å². The van der Waals surface area contributed by atoms with Crippen LogP contribution < -0.4 is 11.1 Å². The number of nitrogens with two attached hydrogens (primary N) is 1. The minimum Gasteiger partial charge on any atom is -0.353 e. The molecule has 0 aromatic heterocycles. The largest absolute Gasteiger partial charge is 0.353 e. The lowest BCUT2D eigenvalue weighted by Gasteiger charge is -2.41. The Bertz CT molecular complexity index is 488. The Morgan fingerprint density at radius 3 is 2.85 bits per heavy atom. The third-order valence-electron chi connectivity index (χ3n) is 4.64. The first kappa shape index (κ1) is 13.6. The fourth-order valence-corrected chi connectivity index (χ4v) is 3.48. The summed E-state index contributed by atoms with van der Waals surface area (Å²) in [7, 11) is 0. The predicted octanol–water partition coefficient (Wildman–Crippen LogP) is 1.25. The highest BCUT2D eigenvalue weighted by molar-refractivity contribution is 5.77. The summed E-state index contributed by atoms with van der Waals surface area (Å²) in [5.74, 6) is 0.847. The number of rotatable bonds is 3. The molecular formula is C16H23N3O. The van der Waals surface area contributed by atoms with Crippen molar-refractivity contribution in [3.8, 4) is 0 Å². The van der Waals surface area contributed by atoms with Gasteiger partial charge in [0.15, 0.2) is 0 Å². The number of carbonyl (C=O) groups is 1. The smallest absolute Gasteiger partial charge is 0.220 e. The number of hydrogen-bond acceptors (Lipinski definition) is 3. The van der Waals surface area contributed by atoms with Crippen molar-refractivity contribution in [1.29, 1.82) is 0 Å². The molecule has 2 aliphatic heterocycles. The van der Waals surface area contributed by atoms with Crippen LogP contribution in [0.3, 0.4) is 0 Å². The number of fused-ring (bicyclic) bond motifs is 1. The maximum absolute atomic E-state index is 11.4. The molecule has 0 radical (unpaired) electrons. The number of amides is 1. The van der Waals surface area contributed by atoms with Crippen LogP contribution in [0, 0.1) is 5.92 Å². The number of carbonyl (C=O) groups excluding carboxylic acids is 1. The molecule has 2 heterocycles. The van der Waals surface area contributed by atoms with Gasteiger partial charge in [0.1, 0.15) is 0 Å². The Labute approximate surface area is 120 Å². The molecule has 0 saturated carbocycles. The summed E-state index contributed by atoms with van der Waals surface area (Å²) in [6.45, 7) is 3.72. The maximum Gasteiger partial charge on any atom is 0.220 e. The monoisotopic (exact) mass is 273 g/mol. The first-order valence-corrected chi connectivity index (χ1v) is 7.55. The molecule has 1 amide bonds. The molecule has 20 heavy (non-hydrogen) atoms. The zero-order valence-corrected chi connectivity index (χ0v) is 11.8. The molecule has 2 fully saturated rings. The van der Waals surface area contributed by atoms with Crippen LogP contribution in [0.5, 0.6) is 0 Å². The fraction of sp³-hybridized carbons (Fsp3) is 0.562. The van der Waals surface area contributed by atoms with Crippen molar-refractivity contribution >= 4 is 5.91 Å². The highest BCUT2D eigenvalue weighted by Crippen LogP contribution is 2.26. The molecule has 0 spiro atoms. The van der Waals surface area contributed by atoms with E-state index in [1.54, 1.807) is 0 Å². The topological polar surface area (TPSA) is 58.4 Å². The summed E-state index contributed by atoms with van der Waals surface area (Å²) in [5.41, 5.74) is 8.39. The van der Waals surface area contributed by atoms with Crippen LogP contribution in [-0.4, -0.2) is 29.9 Å². The average Bonchev–Trinajstić information content (AvgIpc) is 2.48. The summed E-state index contributed by atoms with van der Waals surface area (Å²) < 4.78 is 0. The summed E-state index contributed by atoms with van der Waals surface area (Å²) in [4.78, 5) is 13.9. The summed E-state index contributed by atoms with van der Waals surface area (Å²) in [6, 6.07) is 8.83. The van der Waals surface area contributed by atoms with E-state index in [-0.39, 0.29) is 5.91 Å². The molecule has 2 aliphatic rings. The molecule has 3 rings (SSSR count). The van der Waals surface area contributed by atoms with Crippen molar-refractivity contribution in [2.45, 2.75) is 38.4 Å². The van der Waals surface area contributed by atoms with Crippen molar-refractivity contribution in [3.63, 3.8) is 0 Å². The number of nitrogens with one attached hydrogen (secondary N) is 1. The summed E-state index contributed by atoms with van der Waals surface area (Å²) in [5, 5.41) is 3.14. The Morgan fingerprint density at radius 2 is 2.05 bits per heavy atom. The van der Waals surface area contributed by atoms with Gasteiger partial charge >= 0.3 is 0 Å². The molecule has 2 atom stereocenters. The molecule has 2 saturated heterocycles. The zero-order chi connectivity index (χ0) is 13.9. The van der Waals surface area contributed by atoms with Crippen molar-refractivity contribution in [2.75, 3.05) is 13.1 Å². The van der Waals surface area contributed by atoms with E-state index in [0.717, 1.165) is 32.5 Å². The Balaban J connectivity index is 1.63. The standard InChI is InChI=1S/C16H23N3O/c17-9-12-3-1-2-4-13(12)10-19-8-7-15-14(11-19)5-6-16(20)18-15/h1-4,14-15H,5-11,17H2,(H,18,20). The first-order valence-electron chi connectivity index (χ1n) is 7.55. The molecular weight excluding hydrogens is 250 g/mol. The summed E-state index contributed by atoms with van der Waals surface area (Å²) >= 11 is 0. The van der Waals surface area contributed by atoms with Gasteiger partial charge in [0, 0.05) is 38.6 Å². The van der Waals surface area contributed by atoms with Crippen LogP contribution in [0.15, 0.2) is 24.3 Å². The molecule has 4 nitrogen and oxygen atoms in total. The van der Waals surface area contributed by atoms with E-state index in [2.05, 4.69) is 34.5 Å². The highest BCUT2D eigenvalue weighted by Gasteiger charge is 2.33. The van der Waals surface area contributed by atoms with Crippen molar-refractivity contribution in [3.05, 3.63) is 35.4 Å². The van der Waals surface area contributed by atoms with Gasteiger partial charge in [-0.05, 0) is 29.9 Å². The Morgan fingerprint density at radius 1 is 1.25 bits per heavy atom. The number of benzene rings is 1. The van der Waals surface area contributed by atoms with Gasteiger partial charge in [-0.15, -0.1) is 0 Å². The number of piperidine rings is 2. The Hall–Kier alpha value is -1.39. The minimum absolute atomic E-state index is 0.230. The molecule has 0 bridgehead atoms. The lowest BCUT2D eigenvalue weighted by atomic mass is 9.85. The molecule has 0 aliphatic carbocycles. The predicted molar refractivity (Wildman–Crippen MR) is 78.9 cm³/mol. The second-order valence-corrected chi connectivity index (χ2v) is 5.97. The number of likely N-dealkylation sites (tertiary alicyclic amines) is 1. The van der Waals surface area contributed by atoms with E-state index in [1.807, 2.05) is 0 Å². The third-order valence-corrected chi connectivity index (χ3v) is 4.64. The van der Waals surface area contributed by atoms with E-state index in [4.69, 9.17) is 5.73 Å². The van der Waals surface area contributed by atoms with E-state index in [0.29, 0.717) is 24.9 Å². The van der Waals surface area contributed by atoms with Crippen LogP contribution in [0.4, 0.5) is 0 Å². The van der Waals surface area contributed by atoms with Crippen LogP contribution >= 0.6 is 0 Å². The second-order valence-electron chi connectivity index (χ2n) is 5.97. The van der Waals surface area contributed by atoms with Gasteiger partial charge in [-0.3, -0.25) is 9.69 Å². The molecule has 3 N–H and O–H groups in total. The minimum atomic E-state index is 0.230. The van der Waals surface area contributed by atoms with Gasteiger partial charge in [-0.2, -0.15) is 0 Å². The third kappa shape index (κ3) is 2.86. The lowest BCUT2D eigenvalue weighted by Crippen LogP contribution is -2.53. The molecule has 1 aromatic rings. The van der Waals surface area contributed by atoms with Crippen molar-refractivity contribution in [2.24, 2.45) is 11.7 Å². The molecule has 1 aromatic carbocycles. The maximum atomic E-state index is 11.4. The molecule has 4 heteroatoms. The van der Waals surface area contributed by atoms with E-state index in [9.17, 15) is 4.79 Å². The quantitative estimate of drug-likeness (QED) is 0.871. The fourth-order valence-electron chi connectivity index (χ4n) is 3.48. The van der Waals surface area contributed by atoms with Gasteiger partial charge in [0.25, 0.3) is 0 Å². The summed E-state index contributed by atoms with van der Waals surface area (Å²) in [6.07, 6.45) is 2.79. The van der Waals surface area contributed by atoms with Crippen LogP contribution in [-0.2, 0) is 17.9 Å². The SMILES string of the molecule is NCc1ccccc1CN1CCC2NC(=O)CCC2C1. The van der Waals surface area contributed by atoms with Gasteiger partial charge in [0.2, 0.25) is 5.91 Å². The van der Waals surface area contributed by atoms with Crippen molar-refractivity contribution < 1.29 is 4.79 Å². The normalized spacial score (nSPS) is 26.9.